The smallest absolute Gasteiger partial charge is 0.406 e. The number of anilines is 1. The predicted molar refractivity (Wildman–Crippen MR) is 106 cm³/mol. The Morgan fingerprint density at radius 1 is 1.07 bits per heavy atom. The number of hydrogen-bond acceptors (Lipinski definition) is 3. The third kappa shape index (κ3) is 5.79. The van der Waals surface area contributed by atoms with Gasteiger partial charge in [0, 0.05) is 38.3 Å². The molecule has 2 aliphatic rings. The molecule has 2 heterocycles. The summed E-state index contributed by atoms with van der Waals surface area (Å²) in [5.41, 5.74) is 0.454. The highest BCUT2D eigenvalue weighted by molar-refractivity contribution is 5.89. The lowest BCUT2D eigenvalue weighted by Gasteiger charge is -2.39. The molecule has 2 saturated heterocycles. The molecule has 0 unspecified atom stereocenters. The summed E-state index contributed by atoms with van der Waals surface area (Å²) in [7, 11) is 0. The number of carbonyl (C=O) groups is 2. The summed E-state index contributed by atoms with van der Waals surface area (Å²) in [6.07, 6.45) is 0.449. The van der Waals surface area contributed by atoms with Crippen LogP contribution in [0.2, 0.25) is 0 Å². The van der Waals surface area contributed by atoms with Crippen LogP contribution in [0, 0.1) is 5.41 Å². The molecule has 6 nitrogen and oxygen atoms in total. The maximum absolute atomic E-state index is 12.6. The highest BCUT2D eigenvalue weighted by Crippen LogP contribution is 2.40. The number of unbranched alkanes of at least 4 members (excludes halogenated alkanes) is 1. The minimum absolute atomic E-state index is 0.0449. The van der Waals surface area contributed by atoms with Crippen molar-refractivity contribution in [3.8, 4) is 5.75 Å². The fourth-order valence-electron chi connectivity index (χ4n) is 4.18. The SMILES string of the molecule is CCCCC(=O)N1CCC2(CC1)CCN(C(=O)Nc1ccc(OC(F)(F)F)cc1)C2. The Morgan fingerprint density at radius 2 is 1.67 bits per heavy atom. The van der Waals surface area contributed by atoms with Crippen molar-refractivity contribution in [1.29, 1.82) is 0 Å². The molecule has 0 aliphatic carbocycles. The summed E-state index contributed by atoms with van der Waals surface area (Å²) in [4.78, 5) is 28.5. The van der Waals surface area contributed by atoms with Crippen LogP contribution in [0.15, 0.2) is 24.3 Å². The van der Waals surface area contributed by atoms with Gasteiger partial charge in [-0.2, -0.15) is 0 Å². The highest BCUT2D eigenvalue weighted by Gasteiger charge is 2.42. The first-order chi connectivity index (χ1) is 14.2. The van der Waals surface area contributed by atoms with Gasteiger partial charge < -0.3 is 19.9 Å². The average Bonchev–Trinajstić information content (AvgIpc) is 3.11. The largest absolute Gasteiger partial charge is 0.573 e. The summed E-state index contributed by atoms with van der Waals surface area (Å²) in [5.74, 6) is -0.113. The second-order valence-electron chi connectivity index (χ2n) is 8.16. The number of rotatable bonds is 5. The van der Waals surface area contributed by atoms with Gasteiger partial charge in [0.05, 0.1) is 0 Å². The van der Waals surface area contributed by atoms with E-state index in [2.05, 4.69) is 17.0 Å². The van der Waals surface area contributed by atoms with E-state index in [-0.39, 0.29) is 23.1 Å². The normalized spacial score (nSPS) is 18.5. The summed E-state index contributed by atoms with van der Waals surface area (Å²) >= 11 is 0. The predicted octanol–water partition coefficient (Wildman–Crippen LogP) is 4.62. The second kappa shape index (κ2) is 9.14. The van der Waals surface area contributed by atoms with Gasteiger partial charge in [-0.05, 0) is 55.4 Å². The summed E-state index contributed by atoms with van der Waals surface area (Å²) in [6.45, 7) is 4.80. The lowest BCUT2D eigenvalue weighted by Crippen LogP contribution is -2.45. The molecule has 9 heteroatoms. The number of alkyl halides is 3. The molecule has 30 heavy (non-hydrogen) atoms. The number of hydrogen-bond donors (Lipinski definition) is 1. The van der Waals surface area contributed by atoms with E-state index in [4.69, 9.17) is 0 Å². The van der Waals surface area contributed by atoms with Crippen LogP contribution in [0.4, 0.5) is 23.7 Å². The molecule has 1 N–H and O–H groups in total. The van der Waals surface area contributed by atoms with Gasteiger partial charge in [-0.25, -0.2) is 4.79 Å². The van der Waals surface area contributed by atoms with Crippen molar-refractivity contribution in [2.75, 3.05) is 31.5 Å². The first-order valence-corrected chi connectivity index (χ1v) is 10.4. The molecule has 1 aromatic carbocycles. The molecule has 2 aliphatic heterocycles. The minimum Gasteiger partial charge on any atom is -0.406 e. The fraction of sp³-hybridized carbons (Fsp3) is 0.619. The van der Waals surface area contributed by atoms with E-state index in [0.29, 0.717) is 25.2 Å². The van der Waals surface area contributed by atoms with Crippen LogP contribution in [0.25, 0.3) is 0 Å². The quantitative estimate of drug-likeness (QED) is 0.746. The fourth-order valence-corrected chi connectivity index (χ4v) is 4.18. The molecular weight excluding hydrogens is 399 g/mol. The standard InChI is InChI=1S/C21H28F3N3O3/c1-2-3-4-18(28)26-12-9-20(10-13-26)11-14-27(15-20)19(29)25-16-5-7-17(8-6-16)30-21(22,23)24/h5-8H,2-4,9-15H2,1H3,(H,25,29). The second-order valence-corrected chi connectivity index (χ2v) is 8.16. The Labute approximate surface area is 174 Å². The van der Waals surface area contributed by atoms with Crippen molar-refractivity contribution in [3.05, 3.63) is 24.3 Å². The van der Waals surface area contributed by atoms with Crippen molar-refractivity contribution in [2.45, 2.75) is 51.8 Å². The Kier molecular flexibility index (Phi) is 6.77. The van der Waals surface area contributed by atoms with Crippen molar-refractivity contribution in [2.24, 2.45) is 5.41 Å². The van der Waals surface area contributed by atoms with Crippen molar-refractivity contribution < 1.29 is 27.5 Å². The van der Waals surface area contributed by atoms with Crippen molar-refractivity contribution >= 4 is 17.6 Å². The van der Waals surface area contributed by atoms with Crippen molar-refractivity contribution in [1.82, 2.24) is 9.80 Å². The van der Waals surface area contributed by atoms with Gasteiger partial charge in [-0.15, -0.1) is 13.2 Å². The third-order valence-corrected chi connectivity index (χ3v) is 5.99. The molecule has 2 fully saturated rings. The van der Waals surface area contributed by atoms with Gasteiger partial charge in [-0.3, -0.25) is 4.79 Å². The number of likely N-dealkylation sites (tertiary alicyclic amines) is 2. The maximum Gasteiger partial charge on any atom is 0.573 e. The van der Waals surface area contributed by atoms with E-state index in [1.54, 1.807) is 4.90 Å². The number of halogens is 3. The molecular formula is C21H28F3N3O3. The van der Waals surface area contributed by atoms with Crippen LogP contribution in [0.1, 0.15) is 45.4 Å². The maximum atomic E-state index is 12.6. The number of nitrogens with zero attached hydrogens (tertiary/aromatic N) is 2. The van der Waals surface area contributed by atoms with E-state index >= 15 is 0 Å². The number of urea groups is 1. The van der Waals surface area contributed by atoms with Crippen LogP contribution in [0.3, 0.4) is 0 Å². The van der Waals surface area contributed by atoms with Crippen LogP contribution in [0.5, 0.6) is 5.75 Å². The zero-order valence-corrected chi connectivity index (χ0v) is 17.1. The first-order valence-electron chi connectivity index (χ1n) is 10.4. The van der Waals surface area contributed by atoms with Crippen LogP contribution in [-0.2, 0) is 4.79 Å². The van der Waals surface area contributed by atoms with Gasteiger partial charge >= 0.3 is 12.4 Å². The number of amides is 3. The Morgan fingerprint density at radius 3 is 2.23 bits per heavy atom. The molecule has 0 bridgehead atoms. The van der Waals surface area contributed by atoms with Gasteiger partial charge in [0.25, 0.3) is 0 Å². The molecule has 0 saturated carbocycles. The molecule has 0 radical (unpaired) electrons. The minimum atomic E-state index is -4.75. The van der Waals surface area contributed by atoms with Crippen LogP contribution in [-0.4, -0.2) is 54.3 Å². The molecule has 0 atom stereocenters. The molecule has 1 aromatic rings. The van der Waals surface area contributed by atoms with E-state index in [1.807, 2.05) is 4.90 Å². The van der Waals surface area contributed by atoms with Crippen molar-refractivity contribution in [3.63, 3.8) is 0 Å². The number of piperidine rings is 1. The highest BCUT2D eigenvalue weighted by atomic mass is 19.4. The van der Waals surface area contributed by atoms with Gasteiger partial charge in [-0.1, -0.05) is 13.3 Å². The van der Waals surface area contributed by atoms with Gasteiger partial charge in [0.2, 0.25) is 5.91 Å². The number of benzene rings is 1. The molecule has 3 rings (SSSR count). The van der Waals surface area contributed by atoms with Gasteiger partial charge in [0.15, 0.2) is 0 Å². The zero-order chi connectivity index (χ0) is 21.8. The Bertz CT molecular complexity index is 744. The van der Waals surface area contributed by atoms with E-state index < -0.39 is 6.36 Å². The molecule has 1 spiro atoms. The lowest BCUT2D eigenvalue weighted by atomic mass is 9.77. The zero-order valence-electron chi connectivity index (χ0n) is 17.1. The molecule has 3 amide bonds. The van der Waals surface area contributed by atoms with E-state index in [9.17, 15) is 22.8 Å². The van der Waals surface area contributed by atoms with E-state index in [1.165, 1.54) is 24.3 Å². The number of ether oxygens (including phenoxy) is 1. The number of nitrogens with one attached hydrogen (secondary N) is 1. The van der Waals surface area contributed by atoms with Crippen LogP contribution < -0.4 is 10.1 Å². The topological polar surface area (TPSA) is 61.9 Å². The Hall–Kier alpha value is -2.45. The first kappa shape index (κ1) is 22.2. The van der Waals surface area contributed by atoms with E-state index in [0.717, 1.165) is 45.2 Å². The monoisotopic (exact) mass is 427 g/mol. The molecule has 166 valence electrons. The van der Waals surface area contributed by atoms with Crippen LogP contribution >= 0.6 is 0 Å². The summed E-state index contributed by atoms with van der Waals surface area (Å²) in [6, 6.07) is 4.83. The van der Waals surface area contributed by atoms with Gasteiger partial charge in [0.1, 0.15) is 5.75 Å². The molecule has 0 aromatic heterocycles. The Balaban J connectivity index is 1.48. The lowest BCUT2D eigenvalue weighted by molar-refractivity contribution is -0.274. The summed E-state index contributed by atoms with van der Waals surface area (Å²) < 4.78 is 40.5. The average molecular weight is 427 g/mol. The third-order valence-electron chi connectivity index (χ3n) is 5.99. The summed E-state index contributed by atoms with van der Waals surface area (Å²) in [5, 5.41) is 2.73. The number of carbonyl (C=O) groups excluding carboxylic acids is 2.